The molecule has 0 N–H and O–H groups in total. The number of carbonyl (C=O) groups excluding carboxylic acids is 1. The number of rotatable bonds is 3. The SMILES string of the molecule is Cc1nc([C@@H]2CCCN2C(=O)[C@@H](C)c2ccsc2)no1. The number of aryl methyl sites for hydroxylation is 1. The Balaban J connectivity index is 1.80. The van der Waals surface area contributed by atoms with Gasteiger partial charge in [0, 0.05) is 13.5 Å². The zero-order valence-electron chi connectivity index (χ0n) is 11.6. The van der Waals surface area contributed by atoms with Crippen LogP contribution >= 0.6 is 11.3 Å². The Hall–Kier alpha value is -1.69. The van der Waals surface area contributed by atoms with E-state index < -0.39 is 0 Å². The molecule has 1 amide bonds. The number of likely N-dealkylation sites (tertiary alicyclic amines) is 1. The monoisotopic (exact) mass is 291 g/mol. The number of thiophene rings is 1. The van der Waals surface area contributed by atoms with Gasteiger partial charge in [0.15, 0.2) is 5.82 Å². The topological polar surface area (TPSA) is 59.2 Å². The highest BCUT2D eigenvalue weighted by atomic mass is 32.1. The fourth-order valence-electron chi connectivity index (χ4n) is 2.66. The molecule has 0 unspecified atom stereocenters. The Kier molecular flexibility index (Phi) is 3.56. The molecule has 1 saturated heterocycles. The maximum Gasteiger partial charge on any atom is 0.230 e. The highest BCUT2D eigenvalue weighted by molar-refractivity contribution is 7.08. The molecule has 1 aliphatic rings. The van der Waals surface area contributed by atoms with Crippen molar-refractivity contribution < 1.29 is 9.32 Å². The van der Waals surface area contributed by atoms with E-state index in [1.54, 1.807) is 18.3 Å². The van der Waals surface area contributed by atoms with Crippen LogP contribution in [0.4, 0.5) is 0 Å². The first-order chi connectivity index (χ1) is 9.66. The summed E-state index contributed by atoms with van der Waals surface area (Å²) in [5.74, 6) is 1.21. The molecule has 1 fully saturated rings. The van der Waals surface area contributed by atoms with Gasteiger partial charge < -0.3 is 9.42 Å². The third-order valence-electron chi connectivity index (χ3n) is 3.79. The number of nitrogens with zero attached hydrogens (tertiary/aromatic N) is 3. The second kappa shape index (κ2) is 5.36. The average Bonchev–Trinajstić information content (AvgIpc) is 3.17. The Bertz CT molecular complexity index is 593. The fourth-order valence-corrected chi connectivity index (χ4v) is 3.42. The molecular weight excluding hydrogens is 274 g/mol. The van der Waals surface area contributed by atoms with E-state index in [0.29, 0.717) is 11.7 Å². The van der Waals surface area contributed by atoms with Gasteiger partial charge in [-0.2, -0.15) is 16.3 Å². The van der Waals surface area contributed by atoms with Crippen LogP contribution < -0.4 is 0 Å². The van der Waals surface area contributed by atoms with Gasteiger partial charge in [-0.25, -0.2) is 0 Å². The second-order valence-electron chi connectivity index (χ2n) is 5.14. The molecule has 2 aromatic rings. The summed E-state index contributed by atoms with van der Waals surface area (Å²) in [5.41, 5.74) is 1.08. The largest absolute Gasteiger partial charge is 0.340 e. The normalized spacial score (nSPS) is 20.3. The third-order valence-corrected chi connectivity index (χ3v) is 4.49. The molecule has 5 nitrogen and oxygen atoms in total. The Morgan fingerprint density at radius 3 is 3.10 bits per heavy atom. The highest BCUT2D eigenvalue weighted by Gasteiger charge is 2.35. The van der Waals surface area contributed by atoms with E-state index in [1.807, 2.05) is 28.7 Å². The van der Waals surface area contributed by atoms with Gasteiger partial charge in [-0.3, -0.25) is 4.79 Å². The summed E-state index contributed by atoms with van der Waals surface area (Å²) >= 11 is 1.62. The molecule has 0 radical (unpaired) electrons. The third kappa shape index (κ3) is 2.35. The lowest BCUT2D eigenvalue weighted by molar-refractivity contribution is -0.133. The summed E-state index contributed by atoms with van der Waals surface area (Å²) in [6.45, 7) is 4.50. The van der Waals surface area contributed by atoms with E-state index in [9.17, 15) is 4.79 Å². The van der Waals surface area contributed by atoms with Crippen molar-refractivity contribution in [2.75, 3.05) is 6.54 Å². The van der Waals surface area contributed by atoms with E-state index in [1.165, 1.54) is 0 Å². The first kappa shape index (κ1) is 13.3. The van der Waals surface area contributed by atoms with Gasteiger partial charge in [-0.05, 0) is 42.2 Å². The van der Waals surface area contributed by atoms with Gasteiger partial charge in [-0.15, -0.1) is 0 Å². The van der Waals surface area contributed by atoms with Gasteiger partial charge in [0.1, 0.15) is 0 Å². The average molecular weight is 291 g/mol. The van der Waals surface area contributed by atoms with Crippen molar-refractivity contribution >= 4 is 17.2 Å². The zero-order valence-corrected chi connectivity index (χ0v) is 12.4. The molecule has 3 rings (SSSR count). The smallest absolute Gasteiger partial charge is 0.230 e. The first-order valence-electron chi connectivity index (χ1n) is 6.79. The van der Waals surface area contributed by atoms with Crippen LogP contribution in [0.5, 0.6) is 0 Å². The van der Waals surface area contributed by atoms with Gasteiger partial charge >= 0.3 is 0 Å². The van der Waals surface area contributed by atoms with E-state index in [0.717, 1.165) is 24.9 Å². The van der Waals surface area contributed by atoms with Crippen molar-refractivity contribution in [2.24, 2.45) is 0 Å². The number of aromatic nitrogens is 2. The van der Waals surface area contributed by atoms with E-state index in [2.05, 4.69) is 10.1 Å². The van der Waals surface area contributed by atoms with Crippen LogP contribution in [0.25, 0.3) is 0 Å². The molecule has 2 atom stereocenters. The van der Waals surface area contributed by atoms with Crippen molar-refractivity contribution in [3.05, 3.63) is 34.1 Å². The lowest BCUT2D eigenvalue weighted by Gasteiger charge is -2.25. The lowest BCUT2D eigenvalue weighted by atomic mass is 10.0. The highest BCUT2D eigenvalue weighted by Crippen LogP contribution is 2.33. The van der Waals surface area contributed by atoms with Crippen molar-refractivity contribution in [1.82, 2.24) is 15.0 Å². The van der Waals surface area contributed by atoms with Gasteiger partial charge in [0.2, 0.25) is 11.8 Å². The van der Waals surface area contributed by atoms with Crippen LogP contribution in [0.2, 0.25) is 0 Å². The van der Waals surface area contributed by atoms with Crippen molar-refractivity contribution in [1.29, 1.82) is 0 Å². The standard InChI is InChI=1S/C14H17N3O2S/c1-9(11-5-7-20-8-11)14(18)17-6-3-4-12(17)13-15-10(2)19-16-13/h5,7-9,12H,3-4,6H2,1-2H3/t9-,12-/m0/s1. The molecule has 6 heteroatoms. The zero-order chi connectivity index (χ0) is 14.1. The quantitative estimate of drug-likeness (QED) is 0.872. The molecular formula is C14H17N3O2S. The summed E-state index contributed by atoms with van der Waals surface area (Å²) in [6.07, 6.45) is 1.89. The summed E-state index contributed by atoms with van der Waals surface area (Å²) in [6, 6.07) is 1.97. The lowest BCUT2D eigenvalue weighted by Crippen LogP contribution is -2.34. The Morgan fingerprint density at radius 1 is 1.60 bits per heavy atom. The van der Waals surface area contributed by atoms with E-state index in [4.69, 9.17) is 4.52 Å². The molecule has 0 saturated carbocycles. The van der Waals surface area contributed by atoms with Crippen LogP contribution in [-0.2, 0) is 4.79 Å². The van der Waals surface area contributed by atoms with Crippen LogP contribution in [-0.4, -0.2) is 27.5 Å². The van der Waals surface area contributed by atoms with Gasteiger partial charge in [0.05, 0.1) is 12.0 Å². The number of amides is 1. The minimum atomic E-state index is -0.116. The predicted octanol–water partition coefficient (Wildman–Crippen LogP) is 2.91. The molecule has 3 heterocycles. The van der Waals surface area contributed by atoms with Crippen LogP contribution in [0, 0.1) is 6.92 Å². The van der Waals surface area contributed by atoms with Crippen LogP contribution in [0.3, 0.4) is 0 Å². The maximum atomic E-state index is 12.7. The molecule has 106 valence electrons. The molecule has 0 bridgehead atoms. The summed E-state index contributed by atoms with van der Waals surface area (Å²) in [4.78, 5) is 18.9. The van der Waals surface area contributed by atoms with Crippen LogP contribution in [0.15, 0.2) is 21.3 Å². The minimum Gasteiger partial charge on any atom is -0.340 e. The summed E-state index contributed by atoms with van der Waals surface area (Å²) in [5, 5.41) is 8.01. The molecule has 0 aliphatic carbocycles. The van der Waals surface area contributed by atoms with Crippen LogP contribution in [0.1, 0.15) is 49.0 Å². The first-order valence-corrected chi connectivity index (χ1v) is 7.74. The molecule has 20 heavy (non-hydrogen) atoms. The molecule has 0 spiro atoms. The summed E-state index contributed by atoms with van der Waals surface area (Å²) < 4.78 is 5.04. The van der Waals surface area contributed by atoms with Crippen molar-refractivity contribution in [3.63, 3.8) is 0 Å². The van der Waals surface area contributed by atoms with Gasteiger partial charge in [0.25, 0.3) is 0 Å². The Labute approximate surface area is 121 Å². The molecule has 2 aromatic heterocycles. The molecule has 0 aromatic carbocycles. The van der Waals surface area contributed by atoms with Crippen molar-refractivity contribution in [3.8, 4) is 0 Å². The minimum absolute atomic E-state index is 0.0407. The Morgan fingerprint density at radius 2 is 2.45 bits per heavy atom. The summed E-state index contributed by atoms with van der Waals surface area (Å²) in [7, 11) is 0. The van der Waals surface area contributed by atoms with Gasteiger partial charge in [-0.1, -0.05) is 5.16 Å². The maximum absolute atomic E-state index is 12.7. The molecule has 1 aliphatic heterocycles. The van der Waals surface area contributed by atoms with E-state index in [-0.39, 0.29) is 17.9 Å². The predicted molar refractivity (Wildman–Crippen MR) is 75.5 cm³/mol. The second-order valence-corrected chi connectivity index (χ2v) is 5.92. The van der Waals surface area contributed by atoms with E-state index >= 15 is 0 Å². The number of hydrogen-bond donors (Lipinski definition) is 0. The van der Waals surface area contributed by atoms with Crippen molar-refractivity contribution in [2.45, 2.75) is 38.6 Å². The number of hydrogen-bond acceptors (Lipinski definition) is 5. The number of carbonyl (C=O) groups is 1. The fraction of sp³-hybridized carbons (Fsp3) is 0.500.